The molecule has 7 nitrogen and oxygen atoms in total. The summed E-state index contributed by atoms with van der Waals surface area (Å²) in [6.45, 7) is 10.9. The SMILES string of the molecule is COc1cc(CN2CCN(CC3CC3)CC2)ccc1OC[C@@H](O)CN1CCOCC1. The summed E-state index contributed by atoms with van der Waals surface area (Å²) in [5.74, 6) is 2.40. The molecule has 1 atom stereocenters. The summed E-state index contributed by atoms with van der Waals surface area (Å²) in [5, 5.41) is 10.3. The lowest BCUT2D eigenvalue weighted by Gasteiger charge is -2.34. The lowest BCUT2D eigenvalue weighted by molar-refractivity contribution is 0.00445. The van der Waals surface area contributed by atoms with Crippen molar-refractivity contribution in [3.05, 3.63) is 23.8 Å². The summed E-state index contributed by atoms with van der Waals surface area (Å²) in [4.78, 5) is 7.35. The zero-order valence-electron chi connectivity index (χ0n) is 18.3. The molecular weight excluding hydrogens is 382 g/mol. The molecule has 7 heteroatoms. The zero-order valence-corrected chi connectivity index (χ0v) is 18.3. The summed E-state index contributed by atoms with van der Waals surface area (Å²) < 4.78 is 16.8. The van der Waals surface area contributed by atoms with Crippen molar-refractivity contribution < 1.29 is 19.3 Å². The van der Waals surface area contributed by atoms with Gasteiger partial charge in [-0.25, -0.2) is 0 Å². The highest BCUT2D eigenvalue weighted by Gasteiger charge is 2.26. The second kappa shape index (κ2) is 10.8. The first kappa shape index (κ1) is 21.8. The standard InChI is InChI=1S/C23H37N3O4/c1-28-23-14-20(16-25-8-6-24(7-9-25)15-19-2-3-19)4-5-22(23)30-18-21(27)17-26-10-12-29-13-11-26/h4-5,14,19,21,27H,2-3,6-13,15-18H2,1H3/t21-/m0/s1. The van der Waals surface area contributed by atoms with Crippen LogP contribution in [-0.2, 0) is 11.3 Å². The molecule has 3 fully saturated rings. The van der Waals surface area contributed by atoms with E-state index < -0.39 is 6.10 Å². The molecule has 1 aromatic carbocycles. The highest BCUT2D eigenvalue weighted by atomic mass is 16.5. The van der Waals surface area contributed by atoms with E-state index in [0.717, 1.165) is 57.6 Å². The molecule has 168 valence electrons. The first-order valence-electron chi connectivity index (χ1n) is 11.4. The summed E-state index contributed by atoms with van der Waals surface area (Å²) in [6.07, 6.45) is 2.33. The third kappa shape index (κ3) is 6.56. The summed E-state index contributed by atoms with van der Waals surface area (Å²) in [7, 11) is 1.67. The van der Waals surface area contributed by atoms with Gasteiger partial charge in [-0.3, -0.25) is 9.80 Å². The molecule has 0 amide bonds. The van der Waals surface area contributed by atoms with Gasteiger partial charge in [-0.1, -0.05) is 6.07 Å². The van der Waals surface area contributed by atoms with E-state index in [1.165, 1.54) is 38.0 Å². The molecule has 2 aliphatic heterocycles. The highest BCUT2D eigenvalue weighted by Crippen LogP contribution is 2.31. The van der Waals surface area contributed by atoms with E-state index in [-0.39, 0.29) is 6.61 Å². The fourth-order valence-corrected chi connectivity index (χ4v) is 4.30. The zero-order chi connectivity index (χ0) is 20.8. The number of nitrogens with zero attached hydrogens (tertiary/aromatic N) is 3. The predicted octanol–water partition coefficient (Wildman–Crippen LogP) is 1.29. The van der Waals surface area contributed by atoms with Gasteiger partial charge in [0.05, 0.1) is 20.3 Å². The number of hydrogen-bond donors (Lipinski definition) is 1. The molecule has 4 rings (SSSR count). The Kier molecular flexibility index (Phi) is 7.84. The quantitative estimate of drug-likeness (QED) is 0.613. The number of morpholine rings is 1. The van der Waals surface area contributed by atoms with Crippen LogP contribution >= 0.6 is 0 Å². The van der Waals surface area contributed by atoms with E-state index in [0.29, 0.717) is 12.3 Å². The van der Waals surface area contributed by atoms with Crippen molar-refractivity contribution in [2.24, 2.45) is 5.92 Å². The molecule has 1 aromatic rings. The van der Waals surface area contributed by atoms with Gasteiger partial charge in [0.25, 0.3) is 0 Å². The summed E-state index contributed by atoms with van der Waals surface area (Å²) in [5.41, 5.74) is 1.24. The number of aliphatic hydroxyl groups excluding tert-OH is 1. The van der Waals surface area contributed by atoms with Crippen LogP contribution in [-0.4, -0.2) is 105 Å². The van der Waals surface area contributed by atoms with Crippen LogP contribution in [0.2, 0.25) is 0 Å². The first-order chi connectivity index (χ1) is 14.7. The second-order valence-corrected chi connectivity index (χ2v) is 8.88. The molecule has 0 unspecified atom stereocenters. The van der Waals surface area contributed by atoms with Gasteiger partial charge in [-0.05, 0) is 36.5 Å². The fourth-order valence-electron chi connectivity index (χ4n) is 4.30. The topological polar surface area (TPSA) is 57.6 Å². The number of piperazine rings is 1. The lowest BCUT2D eigenvalue weighted by Crippen LogP contribution is -2.46. The van der Waals surface area contributed by atoms with E-state index in [1.54, 1.807) is 7.11 Å². The third-order valence-electron chi connectivity index (χ3n) is 6.32. The van der Waals surface area contributed by atoms with E-state index in [4.69, 9.17) is 14.2 Å². The van der Waals surface area contributed by atoms with Gasteiger partial charge in [-0.15, -0.1) is 0 Å². The van der Waals surface area contributed by atoms with Crippen LogP contribution in [0.1, 0.15) is 18.4 Å². The van der Waals surface area contributed by atoms with E-state index in [1.807, 2.05) is 6.07 Å². The predicted molar refractivity (Wildman–Crippen MR) is 116 cm³/mol. The maximum Gasteiger partial charge on any atom is 0.161 e. The smallest absolute Gasteiger partial charge is 0.161 e. The minimum absolute atomic E-state index is 0.260. The van der Waals surface area contributed by atoms with Crippen molar-refractivity contribution in [2.45, 2.75) is 25.5 Å². The Bertz CT molecular complexity index is 656. The number of benzene rings is 1. The molecule has 3 aliphatic rings. The number of methoxy groups -OCH3 is 1. The van der Waals surface area contributed by atoms with E-state index in [2.05, 4.69) is 26.8 Å². The maximum atomic E-state index is 10.3. The van der Waals surface area contributed by atoms with Crippen molar-refractivity contribution >= 4 is 0 Å². The maximum absolute atomic E-state index is 10.3. The number of rotatable bonds is 10. The largest absolute Gasteiger partial charge is 0.493 e. The first-order valence-corrected chi connectivity index (χ1v) is 11.4. The van der Waals surface area contributed by atoms with Gasteiger partial charge >= 0.3 is 0 Å². The normalized spacial score (nSPS) is 22.7. The molecule has 0 bridgehead atoms. The van der Waals surface area contributed by atoms with Gasteiger partial charge in [0.15, 0.2) is 11.5 Å². The fraction of sp³-hybridized carbons (Fsp3) is 0.739. The molecular formula is C23H37N3O4. The summed E-state index contributed by atoms with van der Waals surface area (Å²) >= 11 is 0. The van der Waals surface area contributed by atoms with Gasteiger partial charge in [0.1, 0.15) is 12.7 Å². The molecule has 1 aliphatic carbocycles. The summed E-state index contributed by atoms with van der Waals surface area (Å²) in [6, 6.07) is 6.15. The van der Waals surface area contributed by atoms with Crippen molar-refractivity contribution in [1.29, 1.82) is 0 Å². The van der Waals surface area contributed by atoms with Gasteiger partial charge in [0.2, 0.25) is 0 Å². The van der Waals surface area contributed by atoms with Crippen molar-refractivity contribution in [3.63, 3.8) is 0 Å². The van der Waals surface area contributed by atoms with Crippen LogP contribution in [0.25, 0.3) is 0 Å². The molecule has 30 heavy (non-hydrogen) atoms. The van der Waals surface area contributed by atoms with Crippen molar-refractivity contribution in [2.75, 3.05) is 79.3 Å². The Labute approximate surface area is 180 Å². The second-order valence-electron chi connectivity index (χ2n) is 8.88. The highest BCUT2D eigenvalue weighted by molar-refractivity contribution is 5.43. The van der Waals surface area contributed by atoms with E-state index in [9.17, 15) is 5.11 Å². The average molecular weight is 420 g/mol. The Morgan fingerprint density at radius 2 is 1.73 bits per heavy atom. The number of hydrogen-bond acceptors (Lipinski definition) is 7. The Balaban J connectivity index is 1.23. The van der Waals surface area contributed by atoms with Crippen LogP contribution in [0, 0.1) is 5.92 Å². The minimum Gasteiger partial charge on any atom is -0.493 e. The Morgan fingerprint density at radius 1 is 1.00 bits per heavy atom. The number of ether oxygens (including phenoxy) is 3. The van der Waals surface area contributed by atoms with Crippen LogP contribution in [0.5, 0.6) is 11.5 Å². The van der Waals surface area contributed by atoms with Gasteiger partial charge in [0, 0.05) is 58.9 Å². The average Bonchev–Trinajstić information content (AvgIpc) is 3.59. The van der Waals surface area contributed by atoms with Crippen LogP contribution in [0.3, 0.4) is 0 Å². The van der Waals surface area contributed by atoms with Crippen LogP contribution < -0.4 is 9.47 Å². The number of aliphatic hydroxyl groups is 1. The lowest BCUT2D eigenvalue weighted by atomic mass is 10.1. The van der Waals surface area contributed by atoms with Gasteiger partial charge in [-0.2, -0.15) is 0 Å². The molecule has 1 saturated carbocycles. The van der Waals surface area contributed by atoms with Crippen LogP contribution in [0.15, 0.2) is 18.2 Å². The van der Waals surface area contributed by atoms with Crippen molar-refractivity contribution in [1.82, 2.24) is 14.7 Å². The van der Waals surface area contributed by atoms with Gasteiger partial charge < -0.3 is 24.2 Å². The van der Waals surface area contributed by atoms with Crippen LogP contribution in [0.4, 0.5) is 0 Å². The molecule has 2 saturated heterocycles. The van der Waals surface area contributed by atoms with Crippen molar-refractivity contribution in [3.8, 4) is 11.5 Å². The Hall–Kier alpha value is -1.38. The van der Waals surface area contributed by atoms with E-state index >= 15 is 0 Å². The Morgan fingerprint density at radius 3 is 2.43 bits per heavy atom. The molecule has 0 radical (unpaired) electrons. The molecule has 0 aromatic heterocycles. The molecule has 1 N–H and O–H groups in total. The molecule has 2 heterocycles. The monoisotopic (exact) mass is 419 g/mol. The number of β-amino-alcohol motifs (C(OH)–C–C–N with tert-alkyl or cyclic N) is 1. The third-order valence-corrected chi connectivity index (χ3v) is 6.32. The molecule has 0 spiro atoms. The minimum atomic E-state index is -0.528.